The van der Waals surface area contributed by atoms with Crippen molar-refractivity contribution in [1.82, 2.24) is 15.1 Å². The maximum absolute atomic E-state index is 6.36. The van der Waals surface area contributed by atoms with Crippen LogP contribution < -0.4 is 5.32 Å². The normalized spacial score (nSPS) is 35.1. The largest absolute Gasteiger partial charge is 0.412 e. The molecule has 0 aromatic rings. The molecule has 3 aliphatic carbocycles. The van der Waals surface area contributed by atoms with Gasteiger partial charge >= 0.3 is 0 Å². The molecule has 5 atom stereocenters. The molecule has 5 N–H and O–H groups in total. The molecule has 4 fully saturated rings. The molecule has 1 saturated heterocycles. The topological polar surface area (TPSA) is 81.5 Å². The minimum atomic E-state index is 0. The number of likely N-dealkylation sites (tertiary alicyclic amines) is 1. The predicted molar refractivity (Wildman–Crippen MR) is 160 cm³/mol. The van der Waals surface area contributed by atoms with E-state index in [9.17, 15) is 0 Å². The summed E-state index contributed by atoms with van der Waals surface area (Å²) in [6, 6.07) is 1.48. The molecule has 4 aliphatic rings. The molecule has 3 saturated carbocycles. The van der Waals surface area contributed by atoms with Crippen molar-refractivity contribution in [3.8, 4) is 0 Å². The van der Waals surface area contributed by atoms with Crippen LogP contribution in [0.2, 0.25) is 0 Å². The molecule has 0 aromatic heterocycles. The van der Waals surface area contributed by atoms with Gasteiger partial charge in [-0.15, -0.1) is 11.6 Å². The number of hydrogen-bond acceptors (Lipinski definition) is 3. The third kappa shape index (κ3) is 9.90. The number of piperidine rings is 1. The van der Waals surface area contributed by atoms with E-state index >= 15 is 0 Å². The molecule has 0 spiro atoms. The van der Waals surface area contributed by atoms with E-state index in [-0.39, 0.29) is 11.0 Å². The SMILES string of the molecule is CC(C)[C@H](CN1CCC(C2CCC(Cl)CC2)CC1)NCC1CCCC(C2CCCC(N(C)C)C2)C1.O.O. The molecule has 0 amide bonds. The molecular formula is C31H62ClN3O2. The van der Waals surface area contributed by atoms with Crippen LogP contribution in [0.5, 0.6) is 0 Å². The summed E-state index contributed by atoms with van der Waals surface area (Å²) in [6.07, 6.45) is 19.8. The fraction of sp³-hybridized carbons (Fsp3) is 1.00. The van der Waals surface area contributed by atoms with Crippen molar-refractivity contribution < 1.29 is 11.0 Å². The van der Waals surface area contributed by atoms with E-state index in [0.29, 0.717) is 17.3 Å². The van der Waals surface area contributed by atoms with Crippen LogP contribution in [-0.4, -0.2) is 78.5 Å². The molecule has 0 aromatic carbocycles. The number of nitrogens with one attached hydrogen (secondary N) is 1. The summed E-state index contributed by atoms with van der Waals surface area (Å²) < 4.78 is 0. The highest BCUT2D eigenvalue weighted by Crippen LogP contribution is 2.41. The van der Waals surface area contributed by atoms with E-state index in [1.165, 1.54) is 116 Å². The fourth-order valence-electron chi connectivity index (χ4n) is 8.31. The minimum Gasteiger partial charge on any atom is -0.412 e. The van der Waals surface area contributed by atoms with Crippen LogP contribution in [0.25, 0.3) is 0 Å². The van der Waals surface area contributed by atoms with Gasteiger partial charge in [0.1, 0.15) is 0 Å². The first-order valence-corrected chi connectivity index (χ1v) is 16.1. The minimum absolute atomic E-state index is 0. The Balaban J connectivity index is 0.00000241. The Hall–Kier alpha value is 0.0900. The van der Waals surface area contributed by atoms with Crippen LogP contribution in [0, 0.1) is 35.5 Å². The van der Waals surface area contributed by atoms with Gasteiger partial charge in [-0.2, -0.15) is 0 Å². The lowest BCUT2D eigenvalue weighted by atomic mass is 9.69. The van der Waals surface area contributed by atoms with E-state index in [1.54, 1.807) is 0 Å². The van der Waals surface area contributed by atoms with E-state index in [4.69, 9.17) is 11.6 Å². The number of alkyl halides is 1. The molecule has 4 rings (SSSR count). The van der Waals surface area contributed by atoms with Gasteiger partial charge in [-0.3, -0.25) is 0 Å². The van der Waals surface area contributed by atoms with Crippen molar-refractivity contribution in [3.63, 3.8) is 0 Å². The number of hydrogen-bond donors (Lipinski definition) is 1. The van der Waals surface area contributed by atoms with E-state index in [1.807, 2.05) is 0 Å². The summed E-state index contributed by atoms with van der Waals surface area (Å²) in [6.45, 7) is 10.0. The zero-order valence-corrected chi connectivity index (χ0v) is 25.5. The summed E-state index contributed by atoms with van der Waals surface area (Å²) in [4.78, 5) is 5.28. The second-order valence-electron chi connectivity index (χ2n) is 13.7. The molecule has 1 aliphatic heterocycles. The third-order valence-electron chi connectivity index (χ3n) is 10.8. The van der Waals surface area contributed by atoms with Gasteiger partial charge in [-0.05, 0) is 133 Å². The summed E-state index contributed by atoms with van der Waals surface area (Å²) in [5, 5.41) is 4.56. The first kappa shape index (κ1) is 33.3. The van der Waals surface area contributed by atoms with Gasteiger partial charge in [0.05, 0.1) is 0 Å². The number of halogens is 1. The molecule has 220 valence electrons. The second kappa shape index (κ2) is 16.4. The average molecular weight is 544 g/mol. The standard InChI is InChI=1S/C31H58ClN3.2H2O/c1-23(2)31(22-35-17-15-26(16-18-35)25-11-13-29(32)14-12-25)33-21-24-7-5-8-27(19-24)28-9-6-10-30(20-28)34(3)4;;/h23-31,33H,5-22H2,1-4H3;2*1H2/t24?,25?,27?,28?,29?,30?,31-;;/m0../s1. The molecule has 5 nitrogen and oxygen atoms in total. The van der Waals surface area contributed by atoms with E-state index in [0.717, 1.165) is 35.6 Å². The van der Waals surface area contributed by atoms with Crippen molar-refractivity contribution in [1.29, 1.82) is 0 Å². The Bertz CT molecular complexity index is 605. The summed E-state index contributed by atoms with van der Waals surface area (Å²) >= 11 is 6.36. The van der Waals surface area contributed by atoms with Crippen LogP contribution in [0.1, 0.15) is 104 Å². The lowest BCUT2D eigenvalue weighted by molar-refractivity contribution is 0.102. The van der Waals surface area contributed by atoms with Gasteiger partial charge in [0, 0.05) is 24.0 Å². The van der Waals surface area contributed by atoms with Crippen molar-refractivity contribution in [2.45, 2.75) is 121 Å². The number of nitrogens with zero attached hydrogens (tertiary/aromatic N) is 2. The Morgan fingerprint density at radius 3 is 1.97 bits per heavy atom. The van der Waals surface area contributed by atoms with Gasteiger partial charge < -0.3 is 26.1 Å². The summed E-state index contributed by atoms with van der Waals surface area (Å²) in [5.74, 6) is 5.52. The molecular weight excluding hydrogens is 482 g/mol. The zero-order chi connectivity index (χ0) is 24.8. The first-order valence-electron chi connectivity index (χ1n) is 15.6. The van der Waals surface area contributed by atoms with Crippen molar-refractivity contribution in [3.05, 3.63) is 0 Å². The van der Waals surface area contributed by atoms with E-state index in [2.05, 4.69) is 43.1 Å². The van der Waals surface area contributed by atoms with Gasteiger partial charge in [0.25, 0.3) is 0 Å². The van der Waals surface area contributed by atoms with Crippen molar-refractivity contribution in [2.75, 3.05) is 40.3 Å². The zero-order valence-electron chi connectivity index (χ0n) is 24.7. The lowest BCUT2D eigenvalue weighted by Crippen LogP contribution is -2.48. The van der Waals surface area contributed by atoms with Crippen molar-refractivity contribution in [2.24, 2.45) is 35.5 Å². The smallest absolute Gasteiger partial charge is 0.0336 e. The van der Waals surface area contributed by atoms with Crippen LogP contribution in [0.3, 0.4) is 0 Å². The van der Waals surface area contributed by atoms with Crippen LogP contribution >= 0.6 is 11.6 Å². The van der Waals surface area contributed by atoms with E-state index < -0.39 is 0 Å². The van der Waals surface area contributed by atoms with Gasteiger partial charge in [-0.25, -0.2) is 0 Å². The molecule has 0 radical (unpaired) electrons. The highest BCUT2D eigenvalue weighted by molar-refractivity contribution is 6.20. The molecule has 0 bridgehead atoms. The molecule has 1 heterocycles. The Morgan fingerprint density at radius 2 is 1.35 bits per heavy atom. The van der Waals surface area contributed by atoms with Gasteiger partial charge in [0.2, 0.25) is 0 Å². The Morgan fingerprint density at radius 1 is 0.757 bits per heavy atom. The highest BCUT2D eigenvalue weighted by atomic mass is 35.5. The predicted octanol–water partition coefficient (Wildman–Crippen LogP) is 5.39. The fourth-order valence-corrected chi connectivity index (χ4v) is 8.56. The lowest BCUT2D eigenvalue weighted by Gasteiger charge is -2.41. The van der Waals surface area contributed by atoms with Gasteiger partial charge in [0.15, 0.2) is 0 Å². The third-order valence-corrected chi connectivity index (χ3v) is 11.3. The summed E-state index contributed by atoms with van der Waals surface area (Å²) in [5.41, 5.74) is 0. The second-order valence-corrected chi connectivity index (χ2v) is 14.4. The highest BCUT2D eigenvalue weighted by Gasteiger charge is 2.34. The number of rotatable bonds is 9. The quantitative estimate of drug-likeness (QED) is 0.396. The Labute approximate surface area is 234 Å². The molecule has 6 heteroatoms. The average Bonchev–Trinajstić information content (AvgIpc) is 2.87. The maximum Gasteiger partial charge on any atom is 0.0336 e. The maximum atomic E-state index is 6.36. The van der Waals surface area contributed by atoms with Crippen LogP contribution in [0.4, 0.5) is 0 Å². The first-order chi connectivity index (χ1) is 16.9. The Kier molecular flexibility index (Phi) is 14.7. The van der Waals surface area contributed by atoms with Crippen LogP contribution in [-0.2, 0) is 0 Å². The monoisotopic (exact) mass is 543 g/mol. The summed E-state index contributed by atoms with van der Waals surface area (Å²) in [7, 11) is 4.58. The molecule has 4 unspecified atom stereocenters. The van der Waals surface area contributed by atoms with Crippen molar-refractivity contribution >= 4 is 11.6 Å². The van der Waals surface area contributed by atoms with Crippen LogP contribution in [0.15, 0.2) is 0 Å². The molecule has 37 heavy (non-hydrogen) atoms. The van der Waals surface area contributed by atoms with Gasteiger partial charge in [-0.1, -0.05) is 39.5 Å².